The zero-order chi connectivity index (χ0) is 13.3. The van der Waals surface area contributed by atoms with Gasteiger partial charge in [0.25, 0.3) is 0 Å². The molecule has 2 heterocycles. The van der Waals surface area contributed by atoms with Gasteiger partial charge in [0, 0.05) is 18.4 Å². The van der Waals surface area contributed by atoms with Gasteiger partial charge in [-0.3, -0.25) is 24.8 Å². The van der Waals surface area contributed by atoms with E-state index in [-0.39, 0.29) is 24.9 Å². The third-order valence-corrected chi connectivity index (χ3v) is 3.06. The molecule has 1 aliphatic heterocycles. The lowest BCUT2D eigenvalue weighted by Crippen LogP contribution is -2.51. The lowest BCUT2D eigenvalue weighted by molar-refractivity contribution is -0.136. The Balaban J connectivity index is 2.17. The van der Waals surface area contributed by atoms with E-state index >= 15 is 0 Å². The van der Waals surface area contributed by atoms with Crippen LogP contribution in [-0.2, 0) is 16.1 Å². The Labute approximate surface area is 105 Å². The summed E-state index contributed by atoms with van der Waals surface area (Å²) in [7, 11) is 0. The number of hydrogen-bond donors (Lipinski definition) is 2. The number of aryl methyl sites for hydroxylation is 1. The van der Waals surface area contributed by atoms with E-state index in [1.165, 1.54) is 0 Å². The average Bonchev–Trinajstić information content (AvgIpc) is 2.29. The lowest BCUT2D eigenvalue weighted by atomic mass is 10.1. The lowest BCUT2D eigenvalue weighted by Gasteiger charge is -2.25. The molecule has 0 aliphatic carbocycles. The summed E-state index contributed by atoms with van der Waals surface area (Å²) in [6.45, 7) is 4.67. The molecule has 2 amide bonds. The molecule has 0 unspecified atom stereocenters. The first-order valence-corrected chi connectivity index (χ1v) is 5.73. The Morgan fingerprint density at radius 2 is 1.94 bits per heavy atom. The molecule has 1 aromatic heterocycles. The van der Waals surface area contributed by atoms with Crippen molar-refractivity contribution in [3.63, 3.8) is 0 Å². The number of nitrogens with two attached hydrogens (primary N) is 1. The van der Waals surface area contributed by atoms with Crippen LogP contribution in [0.3, 0.4) is 0 Å². The number of piperazine rings is 1. The molecule has 0 bridgehead atoms. The third-order valence-electron chi connectivity index (χ3n) is 3.06. The number of nitrogens with one attached hydrogen (secondary N) is 1. The van der Waals surface area contributed by atoms with Gasteiger partial charge in [-0.25, -0.2) is 0 Å². The normalized spacial score (nSPS) is 16.8. The molecule has 18 heavy (non-hydrogen) atoms. The molecule has 1 aromatic rings. The maximum atomic E-state index is 11.3. The van der Waals surface area contributed by atoms with Gasteiger partial charge < -0.3 is 5.73 Å². The number of amides is 2. The van der Waals surface area contributed by atoms with Gasteiger partial charge in [-0.1, -0.05) is 0 Å². The van der Waals surface area contributed by atoms with Gasteiger partial charge in [0.05, 0.1) is 18.8 Å². The van der Waals surface area contributed by atoms with Crippen LogP contribution in [0.4, 0.5) is 5.69 Å². The Morgan fingerprint density at radius 3 is 2.56 bits per heavy atom. The molecule has 0 atom stereocenters. The van der Waals surface area contributed by atoms with Crippen LogP contribution in [-0.4, -0.2) is 34.8 Å². The summed E-state index contributed by atoms with van der Waals surface area (Å²) in [6.07, 6.45) is 1.71. The van der Waals surface area contributed by atoms with E-state index in [2.05, 4.69) is 10.3 Å². The summed E-state index contributed by atoms with van der Waals surface area (Å²) >= 11 is 0. The van der Waals surface area contributed by atoms with Crippen molar-refractivity contribution < 1.29 is 9.59 Å². The van der Waals surface area contributed by atoms with Gasteiger partial charge >= 0.3 is 0 Å². The van der Waals surface area contributed by atoms with Gasteiger partial charge in [0.1, 0.15) is 0 Å². The van der Waals surface area contributed by atoms with Crippen molar-refractivity contribution in [2.45, 2.75) is 20.4 Å². The van der Waals surface area contributed by atoms with Crippen LogP contribution in [0.1, 0.15) is 16.8 Å². The van der Waals surface area contributed by atoms with Gasteiger partial charge in [-0.15, -0.1) is 0 Å². The molecule has 1 fully saturated rings. The molecule has 6 nitrogen and oxygen atoms in total. The molecule has 1 saturated heterocycles. The Bertz CT molecular complexity index is 497. The number of rotatable bonds is 2. The highest BCUT2D eigenvalue weighted by atomic mass is 16.2. The second-order valence-corrected chi connectivity index (χ2v) is 4.54. The second-order valence-electron chi connectivity index (χ2n) is 4.54. The summed E-state index contributed by atoms with van der Waals surface area (Å²) < 4.78 is 0. The zero-order valence-corrected chi connectivity index (χ0v) is 10.5. The number of nitrogen functional groups attached to an aromatic ring is 1. The minimum Gasteiger partial charge on any atom is -0.398 e. The van der Waals surface area contributed by atoms with Crippen LogP contribution in [0.5, 0.6) is 0 Å². The first-order valence-electron chi connectivity index (χ1n) is 5.73. The fourth-order valence-corrected chi connectivity index (χ4v) is 1.97. The van der Waals surface area contributed by atoms with E-state index in [1.807, 2.05) is 13.8 Å². The fraction of sp³-hybridized carbons (Fsp3) is 0.417. The Morgan fingerprint density at radius 1 is 1.33 bits per heavy atom. The molecule has 2 rings (SSSR count). The van der Waals surface area contributed by atoms with Crippen LogP contribution >= 0.6 is 0 Å². The van der Waals surface area contributed by atoms with Gasteiger partial charge in [-0.05, 0) is 25.0 Å². The van der Waals surface area contributed by atoms with Crippen LogP contribution < -0.4 is 11.1 Å². The predicted octanol–water partition coefficient (Wildman–Crippen LogP) is -0.261. The quantitative estimate of drug-likeness (QED) is 0.704. The molecule has 96 valence electrons. The highest BCUT2D eigenvalue weighted by molar-refractivity contribution is 5.99. The van der Waals surface area contributed by atoms with Crippen LogP contribution in [0.15, 0.2) is 6.20 Å². The van der Waals surface area contributed by atoms with Crippen molar-refractivity contribution in [2.24, 2.45) is 0 Å². The van der Waals surface area contributed by atoms with Gasteiger partial charge in [-0.2, -0.15) is 0 Å². The summed E-state index contributed by atoms with van der Waals surface area (Å²) in [5.41, 5.74) is 9.30. The average molecular weight is 248 g/mol. The maximum Gasteiger partial charge on any atom is 0.240 e. The first-order chi connectivity index (χ1) is 8.47. The second kappa shape index (κ2) is 4.73. The van der Waals surface area contributed by atoms with Gasteiger partial charge in [0.2, 0.25) is 11.8 Å². The number of pyridine rings is 1. The highest BCUT2D eigenvalue weighted by Crippen LogP contribution is 2.19. The standard InChI is InChI=1S/C12H16N4O2/c1-7-3-14-9(8(2)12(7)13)4-16-5-10(17)15-11(18)6-16/h3H,4-6H2,1-2H3,(H2,13,14)(H,15,17,18). The largest absolute Gasteiger partial charge is 0.398 e. The van der Waals surface area contributed by atoms with E-state index in [0.717, 1.165) is 16.8 Å². The number of imide groups is 1. The van der Waals surface area contributed by atoms with Crippen molar-refractivity contribution >= 4 is 17.5 Å². The van der Waals surface area contributed by atoms with Crippen molar-refractivity contribution in [1.82, 2.24) is 15.2 Å². The molecule has 0 aromatic carbocycles. The monoisotopic (exact) mass is 248 g/mol. The Hall–Kier alpha value is -1.95. The highest BCUT2D eigenvalue weighted by Gasteiger charge is 2.23. The summed E-state index contributed by atoms with van der Waals surface area (Å²) in [4.78, 5) is 28.6. The van der Waals surface area contributed by atoms with Crippen molar-refractivity contribution in [2.75, 3.05) is 18.8 Å². The predicted molar refractivity (Wildman–Crippen MR) is 66.6 cm³/mol. The fourth-order valence-electron chi connectivity index (χ4n) is 1.97. The minimum atomic E-state index is -0.274. The first kappa shape index (κ1) is 12.5. The molecule has 6 heteroatoms. The summed E-state index contributed by atoms with van der Waals surface area (Å²) in [5, 5.41) is 2.27. The third kappa shape index (κ3) is 2.48. The van der Waals surface area contributed by atoms with E-state index < -0.39 is 0 Å². The van der Waals surface area contributed by atoms with Crippen molar-refractivity contribution in [3.8, 4) is 0 Å². The molecular weight excluding hydrogens is 232 g/mol. The topological polar surface area (TPSA) is 88.3 Å². The van der Waals surface area contributed by atoms with Crippen LogP contribution in [0.25, 0.3) is 0 Å². The molecular formula is C12H16N4O2. The molecule has 0 spiro atoms. The SMILES string of the molecule is Cc1cnc(CN2CC(=O)NC(=O)C2)c(C)c1N. The molecule has 3 N–H and O–H groups in total. The van der Waals surface area contributed by atoms with Crippen molar-refractivity contribution in [1.29, 1.82) is 0 Å². The summed E-state index contributed by atoms with van der Waals surface area (Å²) in [6, 6.07) is 0. The zero-order valence-electron chi connectivity index (χ0n) is 10.5. The molecule has 0 saturated carbocycles. The Kier molecular flexibility index (Phi) is 3.29. The number of nitrogens with zero attached hydrogens (tertiary/aromatic N) is 2. The maximum absolute atomic E-state index is 11.3. The molecule has 1 aliphatic rings. The van der Waals surface area contributed by atoms with E-state index in [9.17, 15) is 9.59 Å². The van der Waals surface area contributed by atoms with Gasteiger partial charge in [0.15, 0.2) is 0 Å². The summed E-state index contributed by atoms with van der Waals surface area (Å²) in [5.74, 6) is -0.548. The van der Waals surface area contributed by atoms with E-state index in [0.29, 0.717) is 12.2 Å². The van der Waals surface area contributed by atoms with Crippen LogP contribution in [0.2, 0.25) is 0 Å². The number of aromatic nitrogens is 1. The number of carbonyl (C=O) groups is 2. The molecule has 0 radical (unpaired) electrons. The van der Waals surface area contributed by atoms with Crippen molar-refractivity contribution in [3.05, 3.63) is 23.0 Å². The van der Waals surface area contributed by atoms with E-state index in [1.54, 1.807) is 11.1 Å². The minimum absolute atomic E-state index is 0.209. The van der Waals surface area contributed by atoms with Crippen LogP contribution in [0, 0.1) is 13.8 Å². The number of carbonyl (C=O) groups excluding carboxylic acids is 2. The smallest absolute Gasteiger partial charge is 0.240 e. The number of anilines is 1. The van der Waals surface area contributed by atoms with E-state index in [4.69, 9.17) is 5.73 Å². The number of hydrogen-bond acceptors (Lipinski definition) is 5.